The Morgan fingerprint density at radius 2 is 1.59 bits per heavy atom. The Labute approximate surface area is 234 Å². The quantitative estimate of drug-likeness (QED) is 0.259. The Morgan fingerprint density at radius 3 is 2.24 bits per heavy atom. The lowest BCUT2D eigenvalue weighted by molar-refractivity contribution is -0.139. The van der Waals surface area contributed by atoms with Crippen molar-refractivity contribution in [2.24, 2.45) is 0 Å². The predicted octanol–water partition coefficient (Wildman–Crippen LogP) is 7.09. The van der Waals surface area contributed by atoms with Gasteiger partial charge in [-0.25, -0.2) is 0 Å². The van der Waals surface area contributed by atoms with E-state index in [0.29, 0.717) is 16.5 Å². The van der Waals surface area contributed by atoms with Crippen molar-refractivity contribution in [1.82, 2.24) is 10.2 Å². The van der Waals surface area contributed by atoms with E-state index in [0.717, 1.165) is 28.9 Å². The Bertz CT molecular complexity index is 1170. The molecule has 0 aromatic heterocycles. The van der Waals surface area contributed by atoms with Crippen LogP contribution >= 0.6 is 35.0 Å². The maximum absolute atomic E-state index is 13.7. The van der Waals surface area contributed by atoms with Gasteiger partial charge in [0.1, 0.15) is 6.04 Å². The molecule has 0 saturated heterocycles. The summed E-state index contributed by atoms with van der Waals surface area (Å²) in [6, 6.07) is 22.8. The van der Waals surface area contributed by atoms with Crippen LogP contribution < -0.4 is 5.32 Å². The molecule has 0 fully saturated rings. The van der Waals surface area contributed by atoms with E-state index in [-0.39, 0.29) is 30.2 Å². The summed E-state index contributed by atoms with van der Waals surface area (Å²) in [4.78, 5) is 28.9. The van der Waals surface area contributed by atoms with Crippen molar-refractivity contribution < 1.29 is 9.59 Å². The minimum Gasteiger partial charge on any atom is -0.352 e. The largest absolute Gasteiger partial charge is 0.352 e. The molecule has 0 aliphatic carbocycles. The highest BCUT2D eigenvalue weighted by molar-refractivity contribution is 7.99. The number of hydrogen-bond acceptors (Lipinski definition) is 3. The van der Waals surface area contributed by atoms with Gasteiger partial charge in [0.05, 0.1) is 15.8 Å². The summed E-state index contributed by atoms with van der Waals surface area (Å²) in [5, 5.41) is 3.96. The van der Waals surface area contributed by atoms with Crippen molar-refractivity contribution in [3.05, 3.63) is 105 Å². The van der Waals surface area contributed by atoms with E-state index in [2.05, 4.69) is 36.5 Å². The standard InChI is InChI=1S/C30H34Cl2N2O2S/c1-4-22(3)33-30(36)28(17-23-8-6-5-7-9-23)34(18-25-14-15-26(31)27(32)16-25)29(35)20-37-19-24-12-10-21(2)11-13-24/h5-16,22,28H,4,17-20H2,1-3H3,(H,33,36)/t22-,28-/m0/s1. The second kappa shape index (κ2) is 14.5. The van der Waals surface area contributed by atoms with Crippen LogP contribution in [0.1, 0.15) is 42.5 Å². The lowest BCUT2D eigenvalue weighted by Crippen LogP contribution is -2.52. The fraction of sp³-hybridized carbons (Fsp3) is 0.333. The van der Waals surface area contributed by atoms with Gasteiger partial charge in [0, 0.05) is 24.8 Å². The maximum Gasteiger partial charge on any atom is 0.243 e. The van der Waals surface area contributed by atoms with E-state index >= 15 is 0 Å². The van der Waals surface area contributed by atoms with Crippen LogP contribution in [0.25, 0.3) is 0 Å². The van der Waals surface area contributed by atoms with E-state index < -0.39 is 6.04 Å². The van der Waals surface area contributed by atoms with Crippen LogP contribution in [0.5, 0.6) is 0 Å². The highest BCUT2D eigenvalue weighted by atomic mass is 35.5. The Hall–Kier alpha value is -2.47. The first kappa shape index (κ1) is 29.1. The van der Waals surface area contributed by atoms with Gasteiger partial charge in [-0.05, 0) is 49.1 Å². The summed E-state index contributed by atoms with van der Waals surface area (Å²) in [6.07, 6.45) is 1.22. The van der Waals surface area contributed by atoms with Gasteiger partial charge in [-0.15, -0.1) is 11.8 Å². The summed E-state index contributed by atoms with van der Waals surface area (Å²) in [7, 11) is 0. The van der Waals surface area contributed by atoms with Crippen molar-refractivity contribution in [1.29, 1.82) is 0 Å². The number of halogens is 2. The van der Waals surface area contributed by atoms with Crippen molar-refractivity contribution >= 4 is 46.8 Å². The summed E-state index contributed by atoms with van der Waals surface area (Å²) in [6.45, 7) is 6.31. The highest BCUT2D eigenvalue weighted by Gasteiger charge is 2.31. The number of aryl methyl sites for hydroxylation is 1. The smallest absolute Gasteiger partial charge is 0.243 e. The number of carbonyl (C=O) groups excluding carboxylic acids is 2. The summed E-state index contributed by atoms with van der Waals surface area (Å²) >= 11 is 14.0. The molecule has 4 nitrogen and oxygen atoms in total. The van der Waals surface area contributed by atoms with Gasteiger partial charge in [-0.3, -0.25) is 9.59 Å². The molecule has 1 N–H and O–H groups in total. The number of hydrogen-bond donors (Lipinski definition) is 1. The van der Waals surface area contributed by atoms with E-state index in [1.54, 1.807) is 28.8 Å². The zero-order valence-corrected chi connectivity index (χ0v) is 23.9. The van der Waals surface area contributed by atoms with E-state index in [1.807, 2.05) is 50.2 Å². The summed E-state index contributed by atoms with van der Waals surface area (Å²) in [5.41, 5.74) is 4.18. The molecule has 0 unspecified atom stereocenters. The Kier molecular flexibility index (Phi) is 11.4. The van der Waals surface area contributed by atoms with Crippen LogP contribution in [0.3, 0.4) is 0 Å². The lowest BCUT2D eigenvalue weighted by Gasteiger charge is -2.32. The molecule has 0 aliphatic rings. The molecule has 0 aliphatic heterocycles. The van der Waals surface area contributed by atoms with Crippen LogP contribution in [0, 0.1) is 6.92 Å². The molecule has 7 heteroatoms. The van der Waals surface area contributed by atoms with Crippen molar-refractivity contribution in [2.75, 3.05) is 5.75 Å². The van der Waals surface area contributed by atoms with Crippen molar-refractivity contribution in [3.63, 3.8) is 0 Å². The second-order valence-corrected chi connectivity index (χ2v) is 11.1. The molecule has 0 heterocycles. The monoisotopic (exact) mass is 556 g/mol. The Balaban J connectivity index is 1.87. The van der Waals surface area contributed by atoms with Crippen LogP contribution in [0.2, 0.25) is 10.0 Å². The molecule has 3 aromatic carbocycles. The molecule has 2 atom stereocenters. The molecular formula is C30H34Cl2N2O2S. The maximum atomic E-state index is 13.7. The number of thioether (sulfide) groups is 1. The van der Waals surface area contributed by atoms with Crippen LogP contribution in [-0.4, -0.2) is 34.6 Å². The topological polar surface area (TPSA) is 49.4 Å². The van der Waals surface area contributed by atoms with Crippen LogP contribution in [0.15, 0.2) is 72.8 Å². The van der Waals surface area contributed by atoms with E-state index in [9.17, 15) is 9.59 Å². The molecule has 0 radical (unpaired) electrons. The van der Waals surface area contributed by atoms with Gasteiger partial charge in [0.2, 0.25) is 11.8 Å². The van der Waals surface area contributed by atoms with Gasteiger partial charge in [-0.1, -0.05) is 96.4 Å². The van der Waals surface area contributed by atoms with Gasteiger partial charge in [0.25, 0.3) is 0 Å². The molecule has 196 valence electrons. The molecule has 37 heavy (non-hydrogen) atoms. The van der Waals surface area contributed by atoms with E-state index in [4.69, 9.17) is 23.2 Å². The fourth-order valence-corrected chi connectivity index (χ4v) is 5.04. The number of rotatable bonds is 12. The van der Waals surface area contributed by atoms with Gasteiger partial charge in [0.15, 0.2) is 0 Å². The molecule has 3 aromatic rings. The van der Waals surface area contributed by atoms with E-state index in [1.165, 1.54) is 5.56 Å². The number of nitrogens with zero attached hydrogens (tertiary/aromatic N) is 1. The third kappa shape index (κ3) is 9.10. The minimum absolute atomic E-state index is 0.00335. The SMILES string of the molecule is CC[C@H](C)NC(=O)[C@H](Cc1ccccc1)N(Cc1ccc(Cl)c(Cl)c1)C(=O)CSCc1ccc(C)cc1. The summed E-state index contributed by atoms with van der Waals surface area (Å²) < 4.78 is 0. The number of benzene rings is 3. The molecule has 0 saturated carbocycles. The number of nitrogens with one attached hydrogen (secondary N) is 1. The first-order valence-electron chi connectivity index (χ1n) is 12.5. The minimum atomic E-state index is -0.668. The first-order chi connectivity index (χ1) is 17.8. The third-order valence-corrected chi connectivity index (χ3v) is 7.95. The fourth-order valence-electron chi connectivity index (χ4n) is 3.85. The first-order valence-corrected chi connectivity index (χ1v) is 14.4. The normalized spacial score (nSPS) is 12.6. The summed E-state index contributed by atoms with van der Waals surface area (Å²) in [5.74, 6) is 0.727. The number of amides is 2. The number of carbonyl (C=O) groups is 2. The average Bonchev–Trinajstić information content (AvgIpc) is 2.89. The predicted molar refractivity (Wildman–Crippen MR) is 156 cm³/mol. The molecule has 0 spiro atoms. The molecule has 0 bridgehead atoms. The van der Waals surface area contributed by atoms with Crippen LogP contribution in [-0.2, 0) is 28.3 Å². The highest BCUT2D eigenvalue weighted by Crippen LogP contribution is 2.25. The van der Waals surface area contributed by atoms with Crippen molar-refractivity contribution in [2.45, 2.75) is 58.0 Å². The zero-order chi connectivity index (χ0) is 26.8. The average molecular weight is 558 g/mol. The zero-order valence-electron chi connectivity index (χ0n) is 21.5. The lowest BCUT2D eigenvalue weighted by atomic mass is 10.0. The van der Waals surface area contributed by atoms with Gasteiger partial charge >= 0.3 is 0 Å². The van der Waals surface area contributed by atoms with Gasteiger partial charge in [-0.2, -0.15) is 0 Å². The third-order valence-electron chi connectivity index (χ3n) is 6.22. The Morgan fingerprint density at radius 1 is 0.919 bits per heavy atom. The molecular weight excluding hydrogens is 523 g/mol. The van der Waals surface area contributed by atoms with Crippen LogP contribution in [0.4, 0.5) is 0 Å². The molecule has 2 amide bonds. The molecule has 3 rings (SSSR count). The second-order valence-electron chi connectivity index (χ2n) is 9.27. The van der Waals surface area contributed by atoms with Crippen molar-refractivity contribution in [3.8, 4) is 0 Å². The van der Waals surface area contributed by atoms with Gasteiger partial charge < -0.3 is 10.2 Å².